The molecule has 1 amide bonds. The Morgan fingerprint density at radius 3 is 2.45 bits per heavy atom. The summed E-state index contributed by atoms with van der Waals surface area (Å²) < 4.78 is 26.1. The number of amides is 1. The fourth-order valence-corrected chi connectivity index (χ4v) is 2.55. The van der Waals surface area contributed by atoms with Gasteiger partial charge in [-0.25, -0.2) is 13.1 Å². The maximum atomic E-state index is 11.8. The molecule has 0 aliphatic heterocycles. The molecule has 0 radical (unpaired) electrons. The van der Waals surface area contributed by atoms with E-state index in [0.29, 0.717) is 18.5 Å². The first kappa shape index (κ1) is 20.6. The van der Waals surface area contributed by atoms with Crippen LogP contribution >= 0.6 is 12.4 Å². The number of carbonyl (C=O) groups excluding carboxylic acids is 1. The van der Waals surface area contributed by atoms with Crippen LogP contribution in [0.4, 0.5) is 0 Å². The van der Waals surface area contributed by atoms with E-state index in [1.54, 1.807) is 0 Å². The number of benzene rings is 1. The minimum Gasteiger partial charge on any atom is -0.352 e. The van der Waals surface area contributed by atoms with E-state index in [1.807, 2.05) is 6.92 Å². The highest BCUT2D eigenvalue weighted by Gasteiger charge is 2.13. The fourth-order valence-electron chi connectivity index (χ4n) is 1.55. The molecule has 124 valence electrons. The van der Waals surface area contributed by atoms with E-state index in [2.05, 4.69) is 16.6 Å². The van der Waals surface area contributed by atoms with Crippen LogP contribution in [0.3, 0.4) is 0 Å². The first-order valence-electron chi connectivity index (χ1n) is 6.61. The minimum atomic E-state index is -3.56. The Bertz CT molecular complexity index is 586. The summed E-state index contributed by atoms with van der Waals surface area (Å²) in [5.41, 5.74) is 6.00. The molecule has 0 spiro atoms. The molecule has 1 aromatic rings. The van der Waals surface area contributed by atoms with Gasteiger partial charge < -0.3 is 11.1 Å². The van der Waals surface area contributed by atoms with Crippen molar-refractivity contribution in [3.8, 4) is 0 Å². The summed E-state index contributed by atoms with van der Waals surface area (Å²) in [6.07, 6.45) is 2.14. The zero-order valence-electron chi connectivity index (χ0n) is 12.4. The van der Waals surface area contributed by atoms with Gasteiger partial charge in [-0.1, -0.05) is 6.08 Å². The lowest BCUT2D eigenvalue weighted by Crippen LogP contribution is -2.29. The van der Waals surface area contributed by atoms with Crippen molar-refractivity contribution in [2.24, 2.45) is 5.73 Å². The summed E-state index contributed by atoms with van der Waals surface area (Å²) >= 11 is 0. The van der Waals surface area contributed by atoms with E-state index in [0.717, 1.165) is 0 Å². The Morgan fingerprint density at radius 1 is 1.36 bits per heavy atom. The van der Waals surface area contributed by atoms with Gasteiger partial charge in [-0.15, -0.1) is 19.0 Å². The Morgan fingerprint density at radius 2 is 1.95 bits per heavy atom. The van der Waals surface area contributed by atoms with Gasteiger partial charge in [0.25, 0.3) is 5.91 Å². The normalized spacial score (nSPS) is 12.1. The van der Waals surface area contributed by atoms with Crippen molar-refractivity contribution in [1.29, 1.82) is 0 Å². The summed E-state index contributed by atoms with van der Waals surface area (Å²) in [7, 11) is -3.56. The highest BCUT2D eigenvalue weighted by Crippen LogP contribution is 2.10. The van der Waals surface area contributed by atoms with E-state index in [9.17, 15) is 13.2 Å². The number of carbonyl (C=O) groups is 1. The number of rotatable bonds is 8. The molecule has 1 aromatic carbocycles. The lowest BCUT2D eigenvalue weighted by molar-refractivity contribution is 0.0952. The molecule has 0 bridgehead atoms. The molecule has 0 heterocycles. The van der Waals surface area contributed by atoms with Crippen molar-refractivity contribution in [3.05, 3.63) is 42.5 Å². The predicted octanol–water partition coefficient (Wildman–Crippen LogP) is 1.04. The van der Waals surface area contributed by atoms with Gasteiger partial charge >= 0.3 is 0 Å². The molecule has 0 fully saturated rings. The fraction of sp³-hybridized carbons (Fsp3) is 0.357. The summed E-state index contributed by atoms with van der Waals surface area (Å²) in [5.74, 6) is -0.251. The second-order valence-electron chi connectivity index (χ2n) is 4.69. The summed E-state index contributed by atoms with van der Waals surface area (Å²) in [6.45, 7) is 5.95. The smallest absolute Gasteiger partial charge is 0.251 e. The average Bonchev–Trinajstić information content (AvgIpc) is 2.45. The highest BCUT2D eigenvalue weighted by atomic mass is 35.5. The Kier molecular flexibility index (Phi) is 8.96. The van der Waals surface area contributed by atoms with Crippen LogP contribution in [0.2, 0.25) is 0 Å². The Balaban J connectivity index is 0.00000441. The second kappa shape index (κ2) is 9.58. The molecular weight excluding hydrogens is 326 g/mol. The van der Waals surface area contributed by atoms with Crippen molar-refractivity contribution in [1.82, 2.24) is 10.0 Å². The van der Waals surface area contributed by atoms with Crippen molar-refractivity contribution >= 4 is 28.3 Å². The van der Waals surface area contributed by atoms with E-state index in [1.165, 1.54) is 30.3 Å². The topological polar surface area (TPSA) is 101 Å². The molecule has 1 unspecified atom stereocenters. The van der Waals surface area contributed by atoms with Crippen molar-refractivity contribution < 1.29 is 13.2 Å². The number of hydrogen-bond donors (Lipinski definition) is 3. The van der Waals surface area contributed by atoms with Crippen molar-refractivity contribution in [2.75, 3.05) is 13.1 Å². The highest BCUT2D eigenvalue weighted by molar-refractivity contribution is 7.89. The van der Waals surface area contributed by atoms with Gasteiger partial charge in [0.1, 0.15) is 0 Å². The maximum absolute atomic E-state index is 11.8. The van der Waals surface area contributed by atoms with Crippen LogP contribution in [-0.2, 0) is 10.0 Å². The molecule has 8 heteroatoms. The zero-order chi connectivity index (χ0) is 15.9. The third kappa shape index (κ3) is 6.57. The van der Waals surface area contributed by atoms with Gasteiger partial charge in [-0.05, 0) is 37.6 Å². The van der Waals surface area contributed by atoms with E-state index in [-0.39, 0.29) is 35.8 Å². The van der Waals surface area contributed by atoms with Gasteiger partial charge in [-0.3, -0.25) is 4.79 Å². The molecule has 1 atom stereocenters. The van der Waals surface area contributed by atoms with Gasteiger partial charge in [0, 0.05) is 24.7 Å². The predicted molar refractivity (Wildman–Crippen MR) is 89.7 cm³/mol. The molecule has 1 rings (SSSR count). The lowest BCUT2D eigenvalue weighted by Gasteiger charge is -2.08. The van der Waals surface area contributed by atoms with Gasteiger partial charge in [-0.2, -0.15) is 0 Å². The first-order chi connectivity index (χ1) is 9.86. The number of nitrogens with one attached hydrogen (secondary N) is 2. The second-order valence-corrected chi connectivity index (χ2v) is 6.45. The monoisotopic (exact) mass is 347 g/mol. The molecule has 22 heavy (non-hydrogen) atoms. The average molecular weight is 348 g/mol. The molecule has 0 saturated heterocycles. The van der Waals surface area contributed by atoms with Gasteiger partial charge in [0.2, 0.25) is 10.0 Å². The van der Waals surface area contributed by atoms with Crippen molar-refractivity contribution in [2.45, 2.75) is 24.3 Å². The maximum Gasteiger partial charge on any atom is 0.251 e. The summed E-state index contributed by atoms with van der Waals surface area (Å²) in [5, 5.41) is 2.73. The largest absolute Gasteiger partial charge is 0.352 e. The van der Waals surface area contributed by atoms with Crippen LogP contribution in [0.5, 0.6) is 0 Å². The van der Waals surface area contributed by atoms with E-state index in [4.69, 9.17) is 5.73 Å². The lowest BCUT2D eigenvalue weighted by atomic mass is 10.2. The van der Waals surface area contributed by atoms with Crippen LogP contribution < -0.4 is 15.8 Å². The molecule has 0 aromatic heterocycles. The SMILES string of the molecule is C=CCNS(=O)(=O)c1ccc(C(=O)NCCC(C)N)cc1.Cl. The number of hydrogen-bond acceptors (Lipinski definition) is 4. The minimum absolute atomic E-state index is 0. The standard InChI is InChI=1S/C14H21N3O3S.ClH/c1-3-9-17-21(19,20)13-6-4-12(5-7-13)14(18)16-10-8-11(2)15;/h3-7,11,17H,1,8-10,15H2,2H3,(H,16,18);1H. The van der Waals surface area contributed by atoms with Crippen LogP contribution in [-0.4, -0.2) is 33.5 Å². The summed E-state index contributed by atoms with van der Waals surface area (Å²) in [4.78, 5) is 11.9. The van der Waals surface area contributed by atoms with E-state index >= 15 is 0 Å². The van der Waals surface area contributed by atoms with E-state index < -0.39 is 10.0 Å². The Hall–Kier alpha value is -1.41. The third-order valence-corrected chi connectivity index (χ3v) is 4.17. The van der Waals surface area contributed by atoms with Crippen LogP contribution in [0.15, 0.2) is 41.8 Å². The third-order valence-electron chi connectivity index (χ3n) is 2.73. The van der Waals surface area contributed by atoms with Crippen LogP contribution in [0.25, 0.3) is 0 Å². The van der Waals surface area contributed by atoms with Crippen LogP contribution in [0.1, 0.15) is 23.7 Å². The summed E-state index contributed by atoms with van der Waals surface area (Å²) in [6, 6.07) is 5.76. The molecule has 0 aliphatic carbocycles. The van der Waals surface area contributed by atoms with Gasteiger partial charge in [0.05, 0.1) is 4.90 Å². The number of halogens is 1. The molecule has 0 aliphatic rings. The quantitative estimate of drug-likeness (QED) is 0.611. The molecule has 6 nitrogen and oxygen atoms in total. The molecule has 0 saturated carbocycles. The molecular formula is C14H22ClN3O3S. The van der Waals surface area contributed by atoms with Gasteiger partial charge in [0.15, 0.2) is 0 Å². The first-order valence-corrected chi connectivity index (χ1v) is 8.09. The number of sulfonamides is 1. The van der Waals surface area contributed by atoms with Crippen LogP contribution in [0, 0.1) is 0 Å². The zero-order valence-corrected chi connectivity index (χ0v) is 14.0. The molecule has 4 N–H and O–H groups in total. The Labute approximate surface area is 137 Å². The van der Waals surface area contributed by atoms with Crippen molar-refractivity contribution in [3.63, 3.8) is 0 Å². The number of nitrogens with two attached hydrogens (primary N) is 1.